The average molecular weight is 438 g/mol. The third kappa shape index (κ3) is 4.40. The number of carbonyl (C=O) groups is 1. The molecule has 0 N–H and O–H groups in total. The summed E-state index contributed by atoms with van der Waals surface area (Å²) in [6, 6.07) is 17.0. The molecule has 2 aromatic carbocycles. The molecule has 30 heavy (non-hydrogen) atoms. The van der Waals surface area contributed by atoms with Gasteiger partial charge in [0.2, 0.25) is 0 Å². The second kappa shape index (κ2) is 8.73. The summed E-state index contributed by atoms with van der Waals surface area (Å²) in [7, 11) is 0. The van der Waals surface area contributed by atoms with E-state index < -0.39 is 0 Å². The van der Waals surface area contributed by atoms with Gasteiger partial charge in [-0.1, -0.05) is 41.9 Å². The number of anilines is 1. The highest BCUT2D eigenvalue weighted by molar-refractivity contribution is 7.14. The number of nitrogens with zero attached hydrogens (tertiary/aromatic N) is 3. The summed E-state index contributed by atoms with van der Waals surface area (Å²) in [5.41, 5.74) is 3.57. The molecule has 0 bridgehead atoms. The van der Waals surface area contributed by atoms with Crippen LogP contribution in [0.25, 0.3) is 11.3 Å². The number of hydrogen-bond acceptors (Lipinski definition) is 4. The number of benzene rings is 2. The molecule has 4 nitrogen and oxygen atoms in total. The molecule has 4 aromatic rings. The minimum Gasteiger partial charge on any atom is -0.279 e. The van der Waals surface area contributed by atoms with Gasteiger partial charge in [0.15, 0.2) is 5.13 Å². The van der Waals surface area contributed by atoms with E-state index >= 15 is 0 Å². The fourth-order valence-corrected chi connectivity index (χ4v) is 3.98. The monoisotopic (exact) mass is 437 g/mol. The molecule has 4 rings (SSSR count). The molecule has 0 aliphatic heterocycles. The minimum atomic E-state index is -0.324. The van der Waals surface area contributed by atoms with Crippen LogP contribution in [0.1, 0.15) is 21.6 Å². The maximum Gasteiger partial charge on any atom is 0.261 e. The van der Waals surface area contributed by atoms with E-state index in [1.807, 2.05) is 30.5 Å². The number of halogens is 2. The van der Waals surface area contributed by atoms with Gasteiger partial charge in [-0.3, -0.25) is 14.7 Å². The van der Waals surface area contributed by atoms with Gasteiger partial charge in [0.1, 0.15) is 5.82 Å². The number of rotatable bonds is 5. The Kier molecular flexibility index (Phi) is 5.88. The Balaban J connectivity index is 1.71. The molecule has 0 spiro atoms. The topological polar surface area (TPSA) is 46.1 Å². The molecule has 2 heterocycles. The Morgan fingerprint density at radius 2 is 1.87 bits per heavy atom. The Labute approximate surface area is 182 Å². The maximum atomic E-state index is 13.3. The fraction of sp³-hybridized carbons (Fsp3) is 0.0870. The van der Waals surface area contributed by atoms with Gasteiger partial charge in [0, 0.05) is 27.9 Å². The lowest BCUT2D eigenvalue weighted by molar-refractivity contribution is 0.0984. The van der Waals surface area contributed by atoms with Crippen molar-refractivity contribution in [1.29, 1.82) is 0 Å². The number of amides is 1. The molecule has 0 saturated carbocycles. The molecule has 0 aliphatic rings. The van der Waals surface area contributed by atoms with Crippen molar-refractivity contribution < 1.29 is 9.18 Å². The minimum absolute atomic E-state index is 0.230. The predicted octanol–water partition coefficient (Wildman–Crippen LogP) is 6.15. The second-order valence-corrected chi connectivity index (χ2v) is 7.94. The SMILES string of the molecule is Cc1ccc(C(=O)N(Cc2ccc(F)cc2)c2nc(-c3ccccc3Cl)cs2)cn1. The van der Waals surface area contributed by atoms with E-state index in [2.05, 4.69) is 9.97 Å². The first-order chi connectivity index (χ1) is 14.5. The van der Waals surface area contributed by atoms with E-state index in [1.54, 1.807) is 41.4 Å². The van der Waals surface area contributed by atoms with Crippen LogP contribution in [0.3, 0.4) is 0 Å². The van der Waals surface area contributed by atoms with Crippen molar-refractivity contribution in [2.45, 2.75) is 13.5 Å². The van der Waals surface area contributed by atoms with Gasteiger partial charge in [-0.25, -0.2) is 9.37 Å². The molecule has 150 valence electrons. The molecule has 2 aromatic heterocycles. The van der Waals surface area contributed by atoms with Crippen LogP contribution in [-0.4, -0.2) is 15.9 Å². The number of hydrogen-bond donors (Lipinski definition) is 0. The third-order valence-electron chi connectivity index (χ3n) is 4.53. The molecular weight excluding hydrogens is 421 g/mol. The average Bonchev–Trinajstić information content (AvgIpc) is 3.23. The molecule has 0 aliphatic carbocycles. The highest BCUT2D eigenvalue weighted by Crippen LogP contribution is 2.33. The van der Waals surface area contributed by atoms with Crippen molar-refractivity contribution in [3.05, 3.63) is 99.9 Å². The number of aryl methyl sites for hydroxylation is 1. The van der Waals surface area contributed by atoms with Gasteiger partial charge in [-0.2, -0.15) is 0 Å². The van der Waals surface area contributed by atoms with E-state index in [4.69, 9.17) is 11.6 Å². The van der Waals surface area contributed by atoms with Crippen LogP contribution in [-0.2, 0) is 6.54 Å². The lowest BCUT2D eigenvalue weighted by Crippen LogP contribution is -2.30. The van der Waals surface area contributed by atoms with Crippen LogP contribution in [0.2, 0.25) is 5.02 Å². The Hall–Kier alpha value is -3.09. The van der Waals surface area contributed by atoms with E-state index in [9.17, 15) is 9.18 Å². The van der Waals surface area contributed by atoms with Crippen LogP contribution in [0.15, 0.2) is 72.2 Å². The van der Waals surface area contributed by atoms with Crippen LogP contribution in [0, 0.1) is 12.7 Å². The molecule has 0 fully saturated rings. The zero-order valence-electron chi connectivity index (χ0n) is 16.0. The van der Waals surface area contributed by atoms with E-state index in [0.717, 1.165) is 16.8 Å². The van der Waals surface area contributed by atoms with Crippen LogP contribution >= 0.6 is 22.9 Å². The number of thiazole rings is 1. The summed E-state index contributed by atoms with van der Waals surface area (Å²) < 4.78 is 13.3. The highest BCUT2D eigenvalue weighted by atomic mass is 35.5. The van der Waals surface area contributed by atoms with Crippen molar-refractivity contribution >= 4 is 34.0 Å². The van der Waals surface area contributed by atoms with E-state index in [1.165, 1.54) is 23.5 Å². The Bertz CT molecular complexity index is 1180. The molecule has 0 saturated heterocycles. The fourth-order valence-electron chi connectivity index (χ4n) is 2.93. The normalized spacial score (nSPS) is 10.8. The number of aromatic nitrogens is 2. The highest BCUT2D eigenvalue weighted by Gasteiger charge is 2.22. The summed E-state index contributed by atoms with van der Waals surface area (Å²) in [5.74, 6) is -0.554. The van der Waals surface area contributed by atoms with E-state index in [-0.39, 0.29) is 18.3 Å². The number of pyridine rings is 1. The van der Waals surface area contributed by atoms with Crippen molar-refractivity contribution in [3.8, 4) is 11.3 Å². The van der Waals surface area contributed by atoms with Crippen molar-refractivity contribution in [2.24, 2.45) is 0 Å². The summed E-state index contributed by atoms with van der Waals surface area (Å²) in [6.07, 6.45) is 1.55. The van der Waals surface area contributed by atoms with Gasteiger partial charge in [0.25, 0.3) is 5.91 Å². The zero-order chi connectivity index (χ0) is 21.1. The summed E-state index contributed by atoms with van der Waals surface area (Å²) in [5, 5.41) is 2.99. The second-order valence-electron chi connectivity index (χ2n) is 6.70. The quantitative estimate of drug-likeness (QED) is 0.376. The zero-order valence-corrected chi connectivity index (χ0v) is 17.6. The smallest absolute Gasteiger partial charge is 0.261 e. The molecule has 0 atom stereocenters. The first-order valence-electron chi connectivity index (χ1n) is 9.20. The van der Waals surface area contributed by atoms with Crippen molar-refractivity contribution in [3.63, 3.8) is 0 Å². The first-order valence-corrected chi connectivity index (χ1v) is 10.5. The van der Waals surface area contributed by atoms with Gasteiger partial charge in [-0.15, -0.1) is 11.3 Å². The molecule has 0 unspecified atom stereocenters. The van der Waals surface area contributed by atoms with Gasteiger partial charge in [0.05, 0.1) is 17.8 Å². The predicted molar refractivity (Wildman–Crippen MR) is 118 cm³/mol. The van der Waals surface area contributed by atoms with Crippen LogP contribution < -0.4 is 4.90 Å². The maximum absolute atomic E-state index is 13.3. The van der Waals surface area contributed by atoms with E-state index in [0.29, 0.717) is 21.4 Å². The first kappa shape index (κ1) is 20.2. The summed E-state index contributed by atoms with van der Waals surface area (Å²) in [6.45, 7) is 2.11. The molecular formula is C23H17ClFN3OS. The summed E-state index contributed by atoms with van der Waals surface area (Å²) >= 11 is 7.66. The lowest BCUT2D eigenvalue weighted by Gasteiger charge is -2.20. The molecule has 1 amide bonds. The largest absolute Gasteiger partial charge is 0.279 e. The Morgan fingerprint density at radius 3 is 2.57 bits per heavy atom. The van der Waals surface area contributed by atoms with Gasteiger partial charge >= 0.3 is 0 Å². The number of carbonyl (C=O) groups excluding carboxylic acids is 1. The lowest BCUT2D eigenvalue weighted by atomic mass is 10.2. The molecule has 0 radical (unpaired) electrons. The van der Waals surface area contributed by atoms with Crippen LogP contribution in [0.5, 0.6) is 0 Å². The van der Waals surface area contributed by atoms with Gasteiger partial charge in [-0.05, 0) is 42.8 Å². The van der Waals surface area contributed by atoms with Crippen molar-refractivity contribution in [1.82, 2.24) is 9.97 Å². The summed E-state index contributed by atoms with van der Waals surface area (Å²) in [4.78, 5) is 23.8. The van der Waals surface area contributed by atoms with Gasteiger partial charge < -0.3 is 0 Å². The van der Waals surface area contributed by atoms with Crippen LogP contribution in [0.4, 0.5) is 9.52 Å². The standard InChI is InChI=1S/C23H17ClFN3OS/c1-15-6-9-17(12-26-15)22(29)28(13-16-7-10-18(25)11-8-16)23-27-21(14-30-23)19-4-2-3-5-20(19)24/h2-12,14H,13H2,1H3. The molecule has 7 heteroatoms. The van der Waals surface area contributed by atoms with Crippen molar-refractivity contribution in [2.75, 3.05) is 4.90 Å². The third-order valence-corrected chi connectivity index (χ3v) is 5.72. The Morgan fingerprint density at radius 1 is 1.10 bits per heavy atom.